The summed E-state index contributed by atoms with van der Waals surface area (Å²) in [4.78, 5) is 31.5. The summed E-state index contributed by atoms with van der Waals surface area (Å²) in [5, 5.41) is 4.47. The quantitative estimate of drug-likeness (QED) is 0.536. The number of aryl methyl sites for hydroxylation is 1. The van der Waals surface area contributed by atoms with E-state index in [1.54, 1.807) is 13.1 Å². The smallest absolute Gasteiger partial charge is 0.219 e. The van der Waals surface area contributed by atoms with Crippen molar-refractivity contribution in [3.8, 4) is 0 Å². The van der Waals surface area contributed by atoms with Crippen molar-refractivity contribution in [2.45, 2.75) is 26.9 Å². The summed E-state index contributed by atoms with van der Waals surface area (Å²) >= 11 is 0. The highest BCUT2D eigenvalue weighted by Crippen LogP contribution is 2.37. The minimum absolute atomic E-state index is 0.0641. The number of nitrogens with zero attached hydrogens (tertiary/aromatic N) is 4. The third-order valence-corrected chi connectivity index (χ3v) is 6.51. The van der Waals surface area contributed by atoms with Crippen molar-refractivity contribution in [3.05, 3.63) is 71.3 Å². The highest BCUT2D eigenvalue weighted by molar-refractivity contribution is 6.32. The highest BCUT2D eigenvalue weighted by Gasteiger charge is 2.30. The van der Waals surface area contributed by atoms with E-state index in [9.17, 15) is 9.59 Å². The van der Waals surface area contributed by atoms with Crippen LogP contribution in [0.4, 0.5) is 0 Å². The zero-order valence-corrected chi connectivity index (χ0v) is 18.1. The molecule has 0 saturated carbocycles. The number of hydrogen-bond acceptors (Lipinski definition) is 4. The lowest BCUT2D eigenvalue weighted by molar-refractivity contribution is -0.129. The lowest BCUT2D eigenvalue weighted by Gasteiger charge is -2.19. The molecule has 0 unspecified atom stereocenters. The molecule has 0 fully saturated rings. The second-order valence-electron chi connectivity index (χ2n) is 8.60. The Morgan fingerprint density at radius 2 is 2.06 bits per heavy atom. The average molecular weight is 425 g/mol. The van der Waals surface area contributed by atoms with Gasteiger partial charge in [-0.05, 0) is 30.7 Å². The summed E-state index contributed by atoms with van der Waals surface area (Å²) in [7, 11) is 0. The standard InChI is InChI=1S/C25H23N5O2/c1-15-9-17-13-28(16(2)31)7-8-29-14-19(18(10-15)25(17)29)24-23(21(32)12-27-24)20-11-26-22-5-3-4-6-30(20)22/h3-6,9-11,14,27H,7-8,12-13H2,1-2H3. The highest BCUT2D eigenvalue weighted by atomic mass is 16.2. The Bertz CT molecular complexity index is 1470. The number of rotatable bonds is 2. The SMILES string of the molecule is CC(=O)N1CCn2cc(C3=C(c4cnc5ccccn45)C(=O)CN3)c3cc(C)cc(c32)C1. The Labute approximate surface area is 185 Å². The van der Waals surface area contributed by atoms with Gasteiger partial charge in [-0.3, -0.25) is 14.0 Å². The van der Waals surface area contributed by atoms with E-state index in [-0.39, 0.29) is 18.2 Å². The first-order valence-electron chi connectivity index (χ1n) is 10.8. The van der Waals surface area contributed by atoms with Gasteiger partial charge in [0.1, 0.15) is 5.65 Å². The maximum absolute atomic E-state index is 13.0. The Balaban J connectivity index is 1.60. The number of amides is 1. The number of carbonyl (C=O) groups is 2. The van der Waals surface area contributed by atoms with Crippen molar-refractivity contribution in [2.24, 2.45) is 0 Å². The monoisotopic (exact) mass is 425 g/mol. The fourth-order valence-corrected chi connectivity index (χ4v) is 5.07. The lowest BCUT2D eigenvalue weighted by Crippen LogP contribution is -2.29. The number of fused-ring (bicyclic) bond motifs is 1. The Hall–Kier alpha value is -3.87. The molecule has 2 aliphatic rings. The van der Waals surface area contributed by atoms with Crippen LogP contribution in [0.1, 0.15) is 29.3 Å². The molecule has 32 heavy (non-hydrogen) atoms. The molecule has 6 rings (SSSR count). The van der Waals surface area contributed by atoms with Crippen LogP contribution in [-0.2, 0) is 22.7 Å². The third-order valence-electron chi connectivity index (χ3n) is 6.51. The number of hydrogen-bond donors (Lipinski definition) is 1. The van der Waals surface area contributed by atoms with Crippen LogP contribution in [0, 0.1) is 6.92 Å². The van der Waals surface area contributed by atoms with Gasteiger partial charge in [0.2, 0.25) is 5.91 Å². The predicted molar refractivity (Wildman–Crippen MR) is 123 cm³/mol. The van der Waals surface area contributed by atoms with E-state index in [1.165, 1.54) is 0 Å². The summed E-state index contributed by atoms with van der Waals surface area (Å²) in [5.41, 5.74) is 7.58. The predicted octanol–water partition coefficient (Wildman–Crippen LogP) is 3.00. The van der Waals surface area contributed by atoms with Gasteiger partial charge in [0.25, 0.3) is 0 Å². The van der Waals surface area contributed by atoms with E-state index in [2.05, 4.69) is 40.1 Å². The maximum Gasteiger partial charge on any atom is 0.219 e. The molecule has 4 aromatic rings. The zero-order chi connectivity index (χ0) is 22.0. The van der Waals surface area contributed by atoms with E-state index >= 15 is 0 Å². The molecule has 0 radical (unpaired) electrons. The minimum atomic E-state index is 0.0641. The summed E-state index contributed by atoms with van der Waals surface area (Å²) in [5.74, 6) is 0.153. The Kier molecular flexibility index (Phi) is 4.02. The molecular weight excluding hydrogens is 402 g/mol. The van der Waals surface area contributed by atoms with Crippen LogP contribution < -0.4 is 5.32 Å². The van der Waals surface area contributed by atoms with Gasteiger partial charge in [0.15, 0.2) is 5.78 Å². The molecule has 7 heteroatoms. The fourth-order valence-electron chi connectivity index (χ4n) is 5.07. The van der Waals surface area contributed by atoms with Crippen LogP contribution in [0.2, 0.25) is 0 Å². The number of ketones is 1. The van der Waals surface area contributed by atoms with Gasteiger partial charge in [0, 0.05) is 49.9 Å². The largest absolute Gasteiger partial charge is 0.376 e. The number of imidazole rings is 1. The lowest BCUT2D eigenvalue weighted by atomic mass is 10.00. The van der Waals surface area contributed by atoms with Gasteiger partial charge in [-0.1, -0.05) is 17.7 Å². The molecule has 160 valence electrons. The second kappa shape index (κ2) is 6.82. The number of Topliss-reactive ketones (excluding diaryl/α,β-unsaturated/α-hetero) is 1. The van der Waals surface area contributed by atoms with E-state index in [0.29, 0.717) is 18.7 Å². The van der Waals surface area contributed by atoms with Crippen molar-refractivity contribution in [3.63, 3.8) is 0 Å². The molecule has 5 heterocycles. The zero-order valence-electron chi connectivity index (χ0n) is 18.1. The van der Waals surface area contributed by atoms with E-state index in [0.717, 1.165) is 51.2 Å². The average Bonchev–Trinajstić information content (AvgIpc) is 3.41. The second-order valence-corrected chi connectivity index (χ2v) is 8.60. The minimum Gasteiger partial charge on any atom is -0.376 e. The van der Waals surface area contributed by atoms with Gasteiger partial charge < -0.3 is 14.8 Å². The maximum atomic E-state index is 13.0. The van der Waals surface area contributed by atoms with Gasteiger partial charge in [-0.15, -0.1) is 0 Å². The molecule has 0 bridgehead atoms. The van der Waals surface area contributed by atoms with Gasteiger partial charge >= 0.3 is 0 Å². The normalized spacial score (nSPS) is 16.2. The molecule has 1 amide bonds. The number of carbonyl (C=O) groups excluding carboxylic acids is 2. The van der Waals surface area contributed by atoms with Crippen LogP contribution in [0.25, 0.3) is 27.8 Å². The van der Waals surface area contributed by atoms with Crippen LogP contribution in [-0.4, -0.2) is 43.6 Å². The topological polar surface area (TPSA) is 71.6 Å². The van der Waals surface area contributed by atoms with Crippen molar-refractivity contribution < 1.29 is 9.59 Å². The van der Waals surface area contributed by atoms with Crippen molar-refractivity contribution >= 4 is 39.5 Å². The van der Waals surface area contributed by atoms with Crippen LogP contribution in [0.3, 0.4) is 0 Å². The van der Waals surface area contributed by atoms with Crippen LogP contribution in [0.15, 0.2) is 48.9 Å². The number of aromatic nitrogens is 3. The van der Waals surface area contributed by atoms with Crippen molar-refractivity contribution in [2.75, 3.05) is 13.1 Å². The Morgan fingerprint density at radius 1 is 1.19 bits per heavy atom. The van der Waals surface area contributed by atoms with Gasteiger partial charge in [-0.2, -0.15) is 0 Å². The van der Waals surface area contributed by atoms with E-state index in [4.69, 9.17) is 0 Å². The first-order chi connectivity index (χ1) is 15.5. The molecule has 0 saturated heterocycles. The summed E-state index contributed by atoms with van der Waals surface area (Å²) in [6, 6.07) is 10.2. The van der Waals surface area contributed by atoms with Gasteiger partial charge in [-0.25, -0.2) is 4.98 Å². The molecule has 2 aliphatic heterocycles. The van der Waals surface area contributed by atoms with Crippen molar-refractivity contribution in [1.82, 2.24) is 24.2 Å². The molecule has 0 spiro atoms. The molecular formula is C25H23N5O2. The number of nitrogens with one attached hydrogen (secondary N) is 1. The first-order valence-corrected chi connectivity index (χ1v) is 10.8. The number of pyridine rings is 1. The molecule has 7 nitrogen and oxygen atoms in total. The number of benzene rings is 1. The fraction of sp³-hybridized carbons (Fsp3) is 0.240. The van der Waals surface area contributed by atoms with E-state index in [1.807, 2.05) is 33.7 Å². The first kappa shape index (κ1) is 18.9. The molecule has 0 atom stereocenters. The van der Waals surface area contributed by atoms with Crippen LogP contribution >= 0.6 is 0 Å². The van der Waals surface area contributed by atoms with Crippen molar-refractivity contribution in [1.29, 1.82) is 0 Å². The molecule has 0 aliphatic carbocycles. The summed E-state index contributed by atoms with van der Waals surface area (Å²) < 4.78 is 4.19. The summed E-state index contributed by atoms with van der Waals surface area (Å²) in [6.07, 6.45) is 5.84. The van der Waals surface area contributed by atoms with Gasteiger partial charge in [0.05, 0.1) is 35.2 Å². The Morgan fingerprint density at radius 3 is 2.91 bits per heavy atom. The molecule has 1 N–H and O–H groups in total. The summed E-state index contributed by atoms with van der Waals surface area (Å²) in [6.45, 7) is 5.96. The van der Waals surface area contributed by atoms with E-state index < -0.39 is 0 Å². The molecule has 1 aromatic carbocycles. The third kappa shape index (κ3) is 2.70. The molecule has 3 aromatic heterocycles. The van der Waals surface area contributed by atoms with Crippen LogP contribution in [0.5, 0.6) is 0 Å².